The summed E-state index contributed by atoms with van der Waals surface area (Å²) in [7, 11) is -2.92. The number of carbonyl (C=O) groups is 1. The summed E-state index contributed by atoms with van der Waals surface area (Å²) in [4.78, 5) is 17.4. The Bertz CT molecular complexity index is 1260. The lowest BCUT2D eigenvalue weighted by atomic mass is 9.43. The molecule has 8 nitrogen and oxygen atoms in total. The fraction of sp³-hybridized carbons (Fsp3) is 0.538. The van der Waals surface area contributed by atoms with Gasteiger partial charge in [0.15, 0.2) is 5.82 Å². The summed E-state index contributed by atoms with van der Waals surface area (Å²) in [5.41, 5.74) is 0.964. The van der Waals surface area contributed by atoms with Crippen molar-refractivity contribution in [2.75, 3.05) is 17.8 Å². The van der Waals surface area contributed by atoms with E-state index >= 15 is 0 Å². The molecule has 4 fully saturated rings. The van der Waals surface area contributed by atoms with Crippen molar-refractivity contribution in [1.82, 2.24) is 10.3 Å². The molecule has 6 rings (SSSR count). The fourth-order valence-corrected chi connectivity index (χ4v) is 6.80. The number of amides is 2. The van der Waals surface area contributed by atoms with Gasteiger partial charge < -0.3 is 14.6 Å². The number of pyridine rings is 1. The van der Waals surface area contributed by atoms with Crippen LogP contribution in [0.15, 0.2) is 52.9 Å². The Morgan fingerprint density at radius 1 is 1.17 bits per heavy atom. The van der Waals surface area contributed by atoms with Crippen LogP contribution < -0.4 is 10.6 Å². The molecule has 36 heavy (non-hydrogen) atoms. The highest BCUT2D eigenvalue weighted by molar-refractivity contribution is 7.92. The van der Waals surface area contributed by atoms with Crippen molar-refractivity contribution in [3.8, 4) is 0 Å². The van der Waals surface area contributed by atoms with Crippen molar-refractivity contribution in [1.29, 1.82) is 0 Å². The number of urea groups is 1. The highest BCUT2D eigenvalue weighted by Crippen LogP contribution is 2.65. The number of nitrogens with one attached hydrogen (secondary N) is 2. The largest absolute Gasteiger partial charge is 0.482 e. The Morgan fingerprint density at radius 2 is 1.92 bits per heavy atom. The van der Waals surface area contributed by atoms with Crippen LogP contribution in [-0.2, 0) is 25.5 Å². The Hall–Kier alpha value is -2.43. The maximum Gasteiger partial charge on any atom is 0.482 e. The number of rotatable bonds is 6. The molecule has 2 heterocycles. The highest BCUT2D eigenvalue weighted by Gasteiger charge is 2.68. The van der Waals surface area contributed by atoms with Crippen molar-refractivity contribution in [2.45, 2.75) is 57.7 Å². The van der Waals surface area contributed by atoms with Gasteiger partial charge in [0.25, 0.3) is 0 Å². The van der Waals surface area contributed by atoms with Gasteiger partial charge in [-0.05, 0) is 61.1 Å². The summed E-state index contributed by atoms with van der Waals surface area (Å²) in [6.45, 7) is 6.84. The fourth-order valence-electron chi connectivity index (χ4n) is 6.24. The number of nitrogens with zero attached hydrogens (tertiary/aromatic N) is 2. The lowest BCUT2D eigenvalue weighted by Gasteiger charge is -2.64. The first-order valence-electron chi connectivity index (χ1n) is 12.5. The zero-order chi connectivity index (χ0) is 25.7. The van der Waals surface area contributed by atoms with Crippen molar-refractivity contribution >= 4 is 34.5 Å². The summed E-state index contributed by atoms with van der Waals surface area (Å²) in [6, 6.07) is 14.7. The van der Waals surface area contributed by atoms with Crippen molar-refractivity contribution in [2.24, 2.45) is 21.6 Å². The molecule has 5 atom stereocenters. The second kappa shape index (κ2) is 9.15. The van der Waals surface area contributed by atoms with Crippen molar-refractivity contribution in [3.63, 3.8) is 0 Å². The molecular formula is C26H35BN4O4S. The Labute approximate surface area is 214 Å². The molecule has 1 saturated heterocycles. The number of carbonyl (C=O) groups excluding carboxylic acids is 1. The van der Waals surface area contributed by atoms with Gasteiger partial charge in [0.05, 0.1) is 17.6 Å². The molecule has 1 aliphatic heterocycles. The molecule has 0 radical (unpaired) electrons. The molecule has 3 aliphatic carbocycles. The van der Waals surface area contributed by atoms with Crippen LogP contribution in [0.25, 0.3) is 0 Å². The number of hydrogen-bond donors (Lipinski definition) is 2. The van der Waals surface area contributed by atoms with Crippen LogP contribution in [0, 0.1) is 17.3 Å². The van der Waals surface area contributed by atoms with E-state index in [0.717, 1.165) is 12.0 Å². The van der Waals surface area contributed by atoms with Gasteiger partial charge in [-0.15, -0.1) is 0 Å². The third kappa shape index (κ3) is 4.90. The Balaban J connectivity index is 1.33. The van der Waals surface area contributed by atoms with Gasteiger partial charge in [-0.3, -0.25) is 5.32 Å². The molecule has 2 bridgehead atoms. The second-order valence-corrected chi connectivity index (χ2v) is 13.9. The van der Waals surface area contributed by atoms with Crippen LogP contribution in [0.3, 0.4) is 0 Å². The lowest BCUT2D eigenvalue weighted by molar-refractivity contribution is -0.199. The standard InChI is InChI=1S/C26H35BN4O4S/c1-25(2)18-15-19(25)26(3)20(16-18)34-27(35-26)21(14-17-10-7-6-8-11-17)28-24(32)30-22-12-9-13-23(29-22)31-36(4,5)33/h6-13,18-21H,14-16H2,1-5H3,(H2,28,29,30,32)/t18-,19-,20+,21-,26-/m0/s1. The summed E-state index contributed by atoms with van der Waals surface area (Å²) < 4.78 is 29.3. The smallest absolute Gasteiger partial charge is 0.404 e. The quantitative estimate of drug-likeness (QED) is 0.560. The molecule has 0 spiro atoms. The third-order valence-corrected chi connectivity index (χ3v) is 8.83. The molecule has 1 aromatic carbocycles. The summed E-state index contributed by atoms with van der Waals surface area (Å²) in [5, 5.41) is 5.86. The first-order chi connectivity index (χ1) is 16.9. The molecular weight excluding hydrogens is 475 g/mol. The first kappa shape index (κ1) is 25.2. The zero-order valence-corrected chi connectivity index (χ0v) is 22.4. The molecule has 192 valence electrons. The van der Waals surface area contributed by atoms with E-state index in [9.17, 15) is 9.00 Å². The third-order valence-electron chi connectivity index (χ3n) is 8.20. The molecule has 10 heteroatoms. The van der Waals surface area contributed by atoms with E-state index in [0.29, 0.717) is 29.9 Å². The number of benzene rings is 1. The van der Waals surface area contributed by atoms with Gasteiger partial charge in [0.1, 0.15) is 5.82 Å². The maximum absolute atomic E-state index is 13.1. The van der Waals surface area contributed by atoms with Gasteiger partial charge in [0, 0.05) is 22.2 Å². The second-order valence-electron chi connectivity index (χ2n) is 11.4. The molecule has 3 saturated carbocycles. The molecule has 2 N–H and O–H groups in total. The van der Waals surface area contributed by atoms with Crippen LogP contribution in [0.4, 0.5) is 16.4 Å². The minimum atomic E-state index is -2.36. The van der Waals surface area contributed by atoms with E-state index in [1.165, 1.54) is 6.42 Å². The van der Waals surface area contributed by atoms with Crippen LogP contribution in [0.5, 0.6) is 0 Å². The minimum absolute atomic E-state index is 0.0281. The van der Waals surface area contributed by atoms with E-state index in [1.807, 2.05) is 30.3 Å². The van der Waals surface area contributed by atoms with E-state index in [-0.39, 0.29) is 17.1 Å². The van der Waals surface area contributed by atoms with Crippen LogP contribution in [0.2, 0.25) is 0 Å². The maximum atomic E-state index is 13.1. The zero-order valence-electron chi connectivity index (χ0n) is 21.6. The molecule has 4 aliphatic rings. The summed E-state index contributed by atoms with van der Waals surface area (Å²) >= 11 is 0. The van der Waals surface area contributed by atoms with E-state index in [4.69, 9.17) is 9.31 Å². The summed E-state index contributed by atoms with van der Waals surface area (Å²) in [5.74, 6) is 1.33. The number of hydrogen-bond acceptors (Lipinski definition) is 6. The lowest BCUT2D eigenvalue weighted by Crippen LogP contribution is -2.65. The summed E-state index contributed by atoms with van der Waals surface area (Å²) in [6.07, 6.45) is 5.83. The highest BCUT2D eigenvalue weighted by atomic mass is 32.2. The number of aromatic nitrogens is 1. The molecule has 1 aromatic heterocycles. The molecule has 2 aromatic rings. The molecule has 0 unspecified atom stereocenters. The average Bonchev–Trinajstić information content (AvgIpc) is 3.15. The monoisotopic (exact) mass is 510 g/mol. The van der Waals surface area contributed by atoms with Gasteiger partial charge >= 0.3 is 13.1 Å². The van der Waals surface area contributed by atoms with Crippen LogP contribution >= 0.6 is 0 Å². The molecule has 2 amide bonds. The van der Waals surface area contributed by atoms with E-state index < -0.39 is 28.8 Å². The van der Waals surface area contributed by atoms with Crippen molar-refractivity contribution < 1.29 is 18.3 Å². The Kier molecular flexibility index (Phi) is 6.41. The Morgan fingerprint density at radius 3 is 2.61 bits per heavy atom. The SMILES string of the molecule is CC1(C)[C@@H]2C[C@H]3OB([C@H](Cc4ccccc4)NC(=O)Nc4cccc(N=S(C)(C)=O)n4)O[C@@]3(C)[C@H]1C2. The first-order valence-corrected chi connectivity index (χ1v) is 14.9. The van der Waals surface area contributed by atoms with Gasteiger partial charge in [-0.1, -0.05) is 50.2 Å². The normalized spacial score (nSPS) is 29.0. The van der Waals surface area contributed by atoms with Crippen LogP contribution in [-0.4, -0.2) is 52.5 Å². The minimum Gasteiger partial charge on any atom is -0.404 e. The van der Waals surface area contributed by atoms with Gasteiger partial charge in [-0.25, -0.2) is 14.0 Å². The predicted molar refractivity (Wildman–Crippen MR) is 143 cm³/mol. The van der Waals surface area contributed by atoms with Crippen LogP contribution in [0.1, 0.15) is 39.2 Å². The number of anilines is 1. The van der Waals surface area contributed by atoms with E-state index in [1.54, 1.807) is 30.7 Å². The average molecular weight is 510 g/mol. The topological polar surface area (TPSA) is 102 Å². The van der Waals surface area contributed by atoms with Crippen molar-refractivity contribution in [3.05, 3.63) is 54.1 Å². The van der Waals surface area contributed by atoms with Gasteiger partial charge in [0.2, 0.25) is 0 Å². The van der Waals surface area contributed by atoms with Gasteiger partial charge in [-0.2, -0.15) is 4.36 Å². The van der Waals surface area contributed by atoms with E-state index in [2.05, 4.69) is 40.8 Å². The predicted octanol–water partition coefficient (Wildman–Crippen LogP) is 4.44.